The molecule has 0 bridgehead atoms. The molecule has 10 nitrogen and oxygen atoms in total. The van der Waals surface area contributed by atoms with Crippen LogP contribution in [0.3, 0.4) is 0 Å². The van der Waals surface area contributed by atoms with Crippen LogP contribution in [0.25, 0.3) is 0 Å². The van der Waals surface area contributed by atoms with E-state index in [-0.39, 0.29) is 41.8 Å². The molecule has 1 N–H and O–H groups in total. The van der Waals surface area contributed by atoms with Crippen molar-refractivity contribution in [3.05, 3.63) is 77.1 Å². The Hall–Kier alpha value is -3.96. The van der Waals surface area contributed by atoms with Gasteiger partial charge in [-0.2, -0.15) is 0 Å². The Morgan fingerprint density at radius 1 is 1.03 bits per heavy atom. The molecule has 0 spiro atoms. The second-order valence-corrected chi connectivity index (χ2v) is 9.33. The standard InChI is InChI=1S/C23H19N3O7S/c1-31-18-7-5-15(12-26-22(27)16-3-2-8-24-21(16)23(26)28)10-20(18)34(29,30)25-11-14-4-6-17-19(9-14)33-13-32-17/h2-10,25H,11-13H2,1H3. The maximum absolute atomic E-state index is 13.1. The fourth-order valence-electron chi connectivity index (χ4n) is 3.78. The van der Waals surface area contributed by atoms with Gasteiger partial charge >= 0.3 is 0 Å². The largest absolute Gasteiger partial charge is 0.495 e. The number of amides is 2. The average molecular weight is 481 g/mol. The van der Waals surface area contributed by atoms with Gasteiger partial charge < -0.3 is 14.2 Å². The zero-order valence-electron chi connectivity index (χ0n) is 18.0. The van der Waals surface area contributed by atoms with Gasteiger partial charge in [-0.1, -0.05) is 12.1 Å². The van der Waals surface area contributed by atoms with Gasteiger partial charge in [0.05, 0.1) is 19.2 Å². The van der Waals surface area contributed by atoms with Crippen molar-refractivity contribution in [2.75, 3.05) is 13.9 Å². The maximum Gasteiger partial charge on any atom is 0.280 e. The van der Waals surface area contributed by atoms with Gasteiger partial charge in [0.2, 0.25) is 16.8 Å². The average Bonchev–Trinajstić information content (AvgIpc) is 3.41. The molecular formula is C23H19N3O7S. The van der Waals surface area contributed by atoms with Crippen LogP contribution in [0.4, 0.5) is 0 Å². The highest BCUT2D eigenvalue weighted by atomic mass is 32.2. The maximum atomic E-state index is 13.1. The Morgan fingerprint density at radius 2 is 1.82 bits per heavy atom. The molecule has 34 heavy (non-hydrogen) atoms. The third-order valence-electron chi connectivity index (χ3n) is 5.49. The number of rotatable bonds is 7. The second kappa shape index (κ2) is 8.43. The van der Waals surface area contributed by atoms with Crippen molar-refractivity contribution in [3.63, 3.8) is 0 Å². The predicted octanol–water partition coefficient (Wildman–Crippen LogP) is 2.09. The summed E-state index contributed by atoms with van der Waals surface area (Å²) in [4.78, 5) is 30.2. The summed E-state index contributed by atoms with van der Waals surface area (Å²) in [6.45, 7) is 0.0246. The summed E-state index contributed by atoms with van der Waals surface area (Å²) in [5.41, 5.74) is 1.43. The van der Waals surface area contributed by atoms with E-state index in [4.69, 9.17) is 14.2 Å². The van der Waals surface area contributed by atoms with E-state index >= 15 is 0 Å². The number of sulfonamides is 1. The van der Waals surface area contributed by atoms with Crippen LogP contribution in [-0.2, 0) is 23.1 Å². The van der Waals surface area contributed by atoms with Crippen LogP contribution < -0.4 is 18.9 Å². The number of pyridine rings is 1. The Balaban J connectivity index is 1.37. The number of carbonyl (C=O) groups excluding carboxylic acids is 2. The van der Waals surface area contributed by atoms with E-state index in [2.05, 4.69) is 9.71 Å². The quantitative estimate of drug-likeness (QED) is 0.509. The van der Waals surface area contributed by atoms with Crippen LogP contribution in [0.15, 0.2) is 59.6 Å². The van der Waals surface area contributed by atoms with Gasteiger partial charge in [-0.3, -0.25) is 19.5 Å². The van der Waals surface area contributed by atoms with Crippen molar-refractivity contribution in [3.8, 4) is 17.2 Å². The van der Waals surface area contributed by atoms with Gasteiger partial charge in [-0.05, 0) is 47.5 Å². The summed E-state index contributed by atoms with van der Waals surface area (Å²) >= 11 is 0. The fourth-order valence-corrected chi connectivity index (χ4v) is 5.01. The van der Waals surface area contributed by atoms with Crippen LogP contribution in [-0.4, -0.2) is 44.0 Å². The summed E-state index contributed by atoms with van der Waals surface area (Å²) in [7, 11) is -2.64. The van der Waals surface area contributed by atoms with Crippen LogP contribution in [0.1, 0.15) is 32.0 Å². The first-order valence-corrected chi connectivity index (χ1v) is 11.7. The third kappa shape index (κ3) is 3.84. The minimum absolute atomic E-state index is 0.0103. The normalized spacial score (nSPS) is 14.4. The van der Waals surface area contributed by atoms with Gasteiger partial charge in [-0.25, -0.2) is 13.1 Å². The second-order valence-electron chi connectivity index (χ2n) is 7.59. The summed E-state index contributed by atoms with van der Waals surface area (Å²) < 4.78 is 44.6. The zero-order valence-corrected chi connectivity index (χ0v) is 18.8. The number of hydrogen-bond acceptors (Lipinski definition) is 8. The fraction of sp³-hybridized carbons (Fsp3) is 0.174. The van der Waals surface area contributed by atoms with Gasteiger partial charge in [0.25, 0.3) is 11.8 Å². The molecule has 5 rings (SSSR count). The van der Waals surface area contributed by atoms with Crippen LogP contribution >= 0.6 is 0 Å². The number of benzene rings is 2. The molecule has 2 aliphatic heterocycles. The smallest absolute Gasteiger partial charge is 0.280 e. The molecular weight excluding hydrogens is 462 g/mol. The number of carbonyl (C=O) groups is 2. The predicted molar refractivity (Wildman–Crippen MR) is 118 cm³/mol. The summed E-state index contributed by atoms with van der Waals surface area (Å²) in [6, 6.07) is 12.7. The lowest BCUT2D eigenvalue weighted by Gasteiger charge is -2.16. The molecule has 0 fully saturated rings. The first-order chi connectivity index (χ1) is 16.4. The third-order valence-corrected chi connectivity index (χ3v) is 6.91. The molecule has 11 heteroatoms. The Bertz CT molecular complexity index is 1390. The van der Waals surface area contributed by atoms with Gasteiger partial charge in [-0.15, -0.1) is 0 Å². The summed E-state index contributed by atoms with van der Waals surface area (Å²) in [6.07, 6.45) is 1.44. The van der Waals surface area contributed by atoms with Crippen LogP contribution in [0.5, 0.6) is 17.2 Å². The van der Waals surface area contributed by atoms with Crippen molar-refractivity contribution >= 4 is 21.8 Å². The van der Waals surface area contributed by atoms with Crippen molar-refractivity contribution in [1.29, 1.82) is 0 Å². The molecule has 0 saturated carbocycles. The first kappa shape index (κ1) is 21.9. The molecule has 3 aromatic rings. The van der Waals surface area contributed by atoms with E-state index in [1.54, 1.807) is 30.3 Å². The zero-order chi connectivity index (χ0) is 23.9. The van der Waals surface area contributed by atoms with Gasteiger partial charge in [0, 0.05) is 12.7 Å². The molecule has 0 saturated heterocycles. The lowest BCUT2D eigenvalue weighted by atomic mass is 10.2. The van der Waals surface area contributed by atoms with Gasteiger partial charge in [0.15, 0.2) is 11.5 Å². The highest BCUT2D eigenvalue weighted by Gasteiger charge is 2.36. The van der Waals surface area contributed by atoms with Crippen molar-refractivity contribution in [1.82, 2.24) is 14.6 Å². The number of ether oxygens (including phenoxy) is 3. The van der Waals surface area contributed by atoms with E-state index < -0.39 is 21.8 Å². The van der Waals surface area contributed by atoms with Crippen LogP contribution in [0.2, 0.25) is 0 Å². The molecule has 2 amide bonds. The minimum atomic E-state index is -4.00. The number of methoxy groups -OCH3 is 1. The Labute approximate surface area is 195 Å². The number of nitrogens with one attached hydrogen (secondary N) is 1. The van der Waals surface area contributed by atoms with Gasteiger partial charge in [0.1, 0.15) is 16.3 Å². The number of hydrogen-bond donors (Lipinski definition) is 1. The Morgan fingerprint density at radius 3 is 2.62 bits per heavy atom. The molecule has 1 aromatic heterocycles. The van der Waals surface area contributed by atoms with E-state index in [0.29, 0.717) is 22.6 Å². The molecule has 2 aromatic carbocycles. The monoisotopic (exact) mass is 481 g/mol. The van der Waals surface area contributed by atoms with E-state index in [1.165, 1.54) is 31.5 Å². The number of nitrogens with zero attached hydrogens (tertiary/aromatic N) is 2. The molecule has 2 aliphatic rings. The van der Waals surface area contributed by atoms with E-state index in [9.17, 15) is 18.0 Å². The molecule has 0 aliphatic carbocycles. The minimum Gasteiger partial charge on any atom is -0.495 e. The highest BCUT2D eigenvalue weighted by molar-refractivity contribution is 7.89. The molecule has 0 unspecified atom stereocenters. The Kier molecular flexibility index (Phi) is 5.42. The number of fused-ring (bicyclic) bond motifs is 2. The number of imide groups is 1. The van der Waals surface area contributed by atoms with Crippen LogP contribution in [0, 0.1) is 0 Å². The van der Waals surface area contributed by atoms with E-state index in [1.807, 2.05) is 0 Å². The lowest BCUT2D eigenvalue weighted by Crippen LogP contribution is -2.29. The topological polar surface area (TPSA) is 124 Å². The summed E-state index contributed by atoms with van der Waals surface area (Å²) in [5, 5.41) is 0. The lowest BCUT2D eigenvalue weighted by molar-refractivity contribution is 0.0640. The first-order valence-electron chi connectivity index (χ1n) is 10.2. The van der Waals surface area contributed by atoms with E-state index in [0.717, 1.165) is 4.90 Å². The van der Waals surface area contributed by atoms with Crippen molar-refractivity contribution in [2.45, 2.75) is 18.0 Å². The van der Waals surface area contributed by atoms with Crippen molar-refractivity contribution in [2.24, 2.45) is 0 Å². The molecule has 3 heterocycles. The summed E-state index contributed by atoms with van der Waals surface area (Å²) in [5.74, 6) is 0.276. The van der Waals surface area contributed by atoms with Crippen molar-refractivity contribution < 1.29 is 32.2 Å². The SMILES string of the molecule is COc1ccc(CN2C(=O)c3cccnc3C2=O)cc1S(=O)(=O)NCc1ccc2c(c1)OCO2. The number of aromatic nitrogens is 1. The molecule has 0 atom stereocenters. The molecule has 0 radical (unpaired) electrons. The highest BCUT2D eigenvalue weighted by Crippen LogP contribution is 2.33. The molecule has 174 valence electrons.